The lowest BCUT2D eigenvalue weighted by molar-refractivity contribution is 0.590. The molecule has 0 fully saturated rings. The molecule has 0 amide bonds. The van der Waals surface area contributed by atoms with E-state index in [-0.39, 0.29) is 11.4 Å². The summed E-state index contributed by atoms with van der Waals surface area (Å²) < 4.78 is 28.5. The Morgan fingerprint density at radius 3 is 2.44 bits per heavy atom. The zero-order valence-electron chi connectivity index (χ0n) is 13.0. The van der Waals surface area contributed by atoms with Gasteiger partial charge in [0, 0.05) is 21.9 Å². The molecule has 0 saturated heterocycles. The van der Waals surface area contributed by atoms with E-state index in [4.69, 9.17) is 11.6 Å². The minimum absolute atomic E-state index is 0.171. The van der Waals surface area contributed by atoms with Crippen molar-refractivity contribution in [2.24, 2.45) is 0 Å². The van der Waals surface area contributed by atoms with Gasteiger partial charge in [-0.25, -0.2) is 8.42 Å². The summed E-state index contributed by atoms with van der Waals surface area (Å²) in [6, 6.07) is 17.0. The van der Waals surface area contributed by atoms with Gasteiger partial charge in [-0.2, -0.15) is 0 Å². The van der Waals surface area contributed by atoms with Gasteiger partial charge in [0.2, 0.25) is 0 Å². The highest BCUT2D eigenvalue weighted by Crippen LogP contribution is 2.28. The van der Waals surface area contributed by atoms with Gasteiger partial charge in [0.25, 0.3) is 10.0 Å². The first-order valence-corrected chi connectivity index (χ1v) is 10.0. The highest BCUT2D eigenvalue weighted by Gasteiger charge is 2.25. The third-order valence-corrected chi connectivity index (χ3v) is 6.06. The van der Waals surface area contributed by atoms with Crippen LogP contribution in [-0.2, 0) is 16.6 Å². The number of anilines is 1. The van der Waals surface area contributed by atoms with Crippen molar-refractivity contribution in [3.63, 3.8) is 0 Å². The smallest absolute Gasteiger partial charge is 0.264 e. The van der Waals surface area contributed by atoms with Gasteiger partial charge < -0.3 is 0 Å². The van der Waals surface area contributed by atoms with Crippen molar-refractivity contribution in [2.75, 3.05) is 4.31 Å². The predicted molar refractivity (Wildman–Crippen MR) is 103 cm³/mol. The van der Waals surface area contributed by atoms with Crippen molar-refractivity contribution < 1.29 is 8.42 Å². The van der Waals surface area contributed by atoms with E-state index in [0.29, 0.717) is 15.2 Å². The monoisotopic (exact) mass is 436 g/mol. The van der Waals surface area contributed by atoms with E-state index in [1.54, 1.807) is 67.0 Å². The molecule has 2 aromatic carbocycles. The van der Waals surface area contributed by atoms with E-state index in [1.165, 1.54) is 4.31 Å². The molecule has 3 rings (SSSR count). The molecule has 25 heavy (non-hydrogen) atoms. The van der Waals surface area contributed by atoms with Crippen LogP contribution >= 0.6 is 27.5 Å². The number of halogens is 2. The Kier molecular flexibility index (Phi) is 5.42. The van der Waals surface area contributed by atoms with Crippen LogP contribution in [0.4, 0.5) is 5.69 Å². The molecule has 0 bridgehead atoms. The number of rotatable bonds is 5. The van der Waals surface area contributed by atoms with Crippen LogP contribution < -0.4 is 4.31 Å². The normalized spacial score (nSPS) is 11.3. The van der Waals surface area contributed by atoms with Crippen molar-refractivity contribution in [1.29, 1.82) is 0 Å². The van der Waals surface area contributed by atoms with Crippen LogP contribution in [0.5, 0.6) is 0 Å². The summed E-state index contributed by atoms with van der Waals surface area (Å²) in [7, 11) is -3.76. The third kappa shape index (κ3) is 4.21. The zero-order valence-corrected chi connectivity index (χ0v) is 16.2. The molecular weight excluding hydrogens is 424 g/mol. The standard InChI is InChI=1S/C18H14BrClN2O2S/c19-15-4-1-5-18(11-15)25(23,24)22(13-14-3-2-10-21-12-14)17-8-6-16(20)7-9-17/h1-12H,13H2. The number of pyridine rings is 1. The van der Waals surface area contributed by atoms with Crippen molar-refractivity contribution in [3.05, 3.63) is 88.1 Å². The molecule has 128 valence electrons. The largest absolute Gasteiger partial charge is 0.264 e. The Morgan fingerprint density at radius 2 is 1.80 bits per heavy atom. The zero-order chi connectivity index (χ0) is 17.9. The molecule has 4 nitrogen and oxygen atoms in total. The quantitative estimate of drug-likeness (QED) is 0.571. The van der Waals surface area contributed by atoms with E-state index >= 15 is 0 Å². The fraction of sp³-hybridized carbons (Fsp3) is 0.0556. The predicted octanol–water partition coefficient (Wildman–Crippen LogP) is 4.89. The molecule has 0 aliphatic heterocycles. The Morgan fingerprint density at radius 1 is 1.04 bits per heavy atom. The van der Waals surface area contributed by atoms with Gasteiger partial charge in [0.05, 0.1) is 17.1 Å². The molecule has 0 spiro atoms. The first kappa shape index (κ1) is 17.9. The van der Waals surface area contributed by atoms with Gasteiger partial charge in [-0.15, -0.1) is 0 Å². The van der Waals surface area contributed by atoms with Crippen molar-refractivity contribution >= 4 is 43.2 Å². The summed E-state index contributed by atoms with van der Waals surface area (Å²) in [5, 5.41) is 0.546. The molecular formula is C18H14BrClN2O2S. The second-order valence-electron chi connectivity index (χ2n) is 5.31. The first-order chi connectivity index (χ1) is 12.0. The lowest BCUT2D eigenvalue weighted by atomic mass is 10.2. The summed E-state index contributed by atoms with van der Waals surface area (Å²) >= 11 is 9.27. The number of nitrogens with zero attached hydrogens (tertiary/aromatic N) is 2. The van der Waals surface area contributed by atoms with Gasteiger partial charge in [-0.3, -0.25) is 9.29 Å². The van der Waals surface area contributed by atoms with Crippen LogP contribution in [0.2, 0.25) is 5.02 Å². The fourth-order valence-corrected chi connectivity index (χ4v) is 4.51. The average molecular weight is 438 g/mol. The summed E-state index contributed by atoms with van der Waals surface area (Å²) in [5.74, 6) is 0. The number of hydrogen-bond donors (Lipinski definition) is 0. The maximum atomic E-state index is 13.2. The molecule has 3 aromatic rings. The highest BCUT2D eigenvalue weighted by molar-refractivity contribution is 9.10. The summed E-state index contributed by atoms with van der Waals surface area (Å²) in [4.78, 5) is 4.27. The minimum Gasteiger partial charge on any atom is -0.264 e. The van der Waals surface area contributed by atoms with Gasteiger partial charge in [0.1, 0.15) is 0 Å². The van der Waals surface area contributed by atoms with Crippen LogP contribution in [0.3, 0.4) is 0 Å². The van der Waals surface area contributed by atoms with Crippen LogP contribution in [0.1, 0.15) is 5.56 Å². The summed E-state index contributed by atoms with van der Waals surface area (Å²) in [5.41, 5.74) is 1.32. The average Bonchev–Trinajstić information content (AvgIpc) is 2.61. The Hall–Kier alpha value is -1.89. The maximum absolute atomic E-state index is 13.2. The van der Waals surface area contributed by atoms with Crippen LogP contribution in [0.25, 0.3) is 0 Å². The molecule has 0 saturated carbocycles. The molecule has 7 heteroatoms. The molecule has 0 unspecified atom stereocenters. The lowest BCUT2D eigenvalue weighted by Gasteiger charge is -2.24. The van der Waals surface area contributed by atoms with Gasteiger partial charge in [0.15, 0.2) is 0 Å². The number of sulfonamides is 1. The van der Waals surface area contributed by atoms with Crippen LogP contribution in [0.15, 0.2) is 82.4 Å². The molecule has 0 aliphatic carbocycles. The van der Waals surface area contributed by atoms with Gasteiger partial charge in [-0.1, -0.05) is 39.7 Å². The molecule has 0 N–H and O–H groups in total. The van der Waals surface area contributed by atoms with E-state index in [1.807, 2.05) is 6.07 Å². The molecule has 0 radical (unpaired) electrons. The van der Waals surface area contributed by atoms with Crippen molar-refractivity contribution in [1.82, 2.24) is 4.98 Å². The highest BCUT2D eigenvalue weighted by atomic mass is 79.9. The van der Waals surface area contributed by atoms with Gasteiger partial charge in [-0.05, 0) is 54.1 Å². The van der Waals surface area contributed by atoms with Crippen molar-refractivity contribution in [2.45, 2.75) is 11.4 Å². The van der Waals surface area contributed by atoms with Gasteiger partial charge >= 0.3 is 0 Å². The molecule has 1 heterocycles. The maximum Gasteiger partial charge on any atom is 0.264 e. The van der Waals surface area contributed by atoms with E-state index in [0.717, 1.165) is 5.56 Å². The van der Waals surface area contributed by atoms with Crippen LogP contribution in [0, 0.1) is 0 Å². The SMILES string of the molecule is O=S(=O)(c1cccc(Br)c1)N(Cc1cccnc1)c1ccc(Cl)cc1. The number of aromatic nitrogens is 1. The number of benzene rings is 2. The second-order valence-corrected chi connectivity index (χ2v) is 8.52. The summed E-state index contributed by atoms with van der Waals surface area (Å²) in [6.07, 6.45) is 3.30. The second kappa shape index (κ2) is 7.56. The molecule has 1 aromatic heterocycles. The Labute approximate surface area is 160 Å². The van der Waals surface area contributed by atoms with E-state index < -0.39 is 10.0 Å². The fourth-order valence-electron chi connectivity index (χ4n) is 2.33. The van der Waals surface area contributed by atoms with Crippen LogP contribution in [-0.4, -0.2) is 13.4 Å². The Balaban J connectivity index is 2.08. The lowest BCUT2D eigenvalue weighted by Crippen LogP contribution is -2.30. The third-order valence-electron chi connectivity index (χ3n) is 3.55. The van der Waals surface area contributed by atoms with E-state index in [2.05, 4.69) is 20.9 Å². The Bertz CT molecular complexity index is 964. The topological polar surface area (TPSA) is 50.3 Å². The van der Waals surface area contributed by atoms with Crippen molar-refractivity contribution in [3.8, 4) is 0 Å². The first-order valence-electron chi connectivity index (χ1n) is 7.39. The number of hydrogen-bond acceptors (Lipinski definition) is 3. The molecule has 0 aliphatic rings. The molecule has 0 atom stereocenters. The van der Waals surface area contributed by atoms with E-state index in [9.17, 15) is 8.42 Å². The summed E-state index contributed by atoms with van der Waals surface area (Å²) in [6.45, 7) is 0.171. The minimum atomic E-state index is -3.76.